The topological polar surface area (TPSA) is 46.3 Å². The Morgan fingerprint density at radius 2 is 2.50 bits per heavy atom. The Labute approximate surface area is 102 Å². The predicted octanol–water partition coefficient (Wildman–Crippen LogP) is 2.37. The average Bonchev–Trinajstić information content (AvgIpc) is 2.94. The Balaban J connectivity index is 2.01. The van der Waals surface area contributed by atoms with E-state index >= 15 is 0 Å². The summed E-state index contributed by atoms with van der Waals surface area (Å²) in [5, 5.41) is 11.3. The molecule has 1 N–H and O–H groups in total. The molecule has 0 aliphatic rings. The van der Waals surface area contributed by atoms with Crippen LogP contribution < -0.4 is 0 Å². The van der Waals surface area contributed by atoms with Crippen molar-refractivity contribution in [1.29, 1.82) is 0 Å². The summed E-state index contributed by atoms with van der Waals surface area (Å²) in [5.41, 5.74) is 0.970. The Morgan fingerprint density at radius 3 is 3.25 bits per heavy atom. The SMILES string of the molecule is OCC#Cc1ccsc1CSc1ncco1. The minimum absolute atomic E-state index is 0.109. The first-order valence-electron chi connectivity index (χ1n) is 4.58. The molecule has 2 aromatic heterocycles. The van der Waals surface area contributed by atoms with Gasteiger partial charge in [-0.1, -0.05) is 23.6 Å². The average molecular weight is 251 g/mol. The number of thioether (sulfide) groups is 1. The Hall–Kier alpha value is -1.22. The third-order valence-corrected chi connectivity index (χ3v) is 3.77. The van der Waals surface area contributed by atoms with E-state index in [0.29, 0.717) is 5.22 Å². The highest BCUT2D eigenvalue weighted by molar-refractivity contribution is 7.98. The summed E-state index contributed by atoms with van der Waals surface area (Å²) in [4.78, 5) is 5.20. The first kappa shape index (κ1) is 11.3. The molecule has 2 heterocycles. The monoisotopic (exact) mass is 251 g/mol. The lowest BCUT2D eigenvalue weighted by atomic mass is 10.3. The molecule has 0 amide bonds. The van der Waals surface area contributed by atoms with Crippen molar-refractivity contribution in [2.75, 3.05) is 6.61 Å². The van der Waals surface area contributed by atoms with Gasteiger partial charge in [0.1, 0.15) is 12.9 Å². The second-order valence-corrected chi connectivity index (χ2v) is 4.73. The normalized spacial score (nSPS) is 9.81. The fourth-order valence-electron chi connectivity index (χ4n) is 1.11. The highest BCUT2D eigenvalue weighted by Crippen LogP contribution is 2.26. The molecule has 0 unspecified atom stereocenters. The maximum Gasteiger partial charge on any atom is 0.255 e. The second kappa shape index (κ2) is 5.75. The number of aliphatic hydroxyl groups excluding tert-OH is 1. The van der Waals surface area contributed by atoms with Gasteiger partial charge >= 0.3 is 0 Å². The molecule has 0 radical (unpaired) electrons. The van der Waals surface area contributed by atoms with Gasteiger partial charge in [0.15, 0.2) is 0 Å². The van der Waals surface area contributed by atoms with E-state index in [1.165, 1.54) is 16.6 Å². The zero-order valence-corrected chi connectivity index (χ0v) is 9.98. The summed E-state index contributed by atoms with van der Waals surface area (Å²) in [6, 6.07) is 1.96. The van der Waals surface area contributed by atoms with Crippen molar-refractivity contribution in [3.8, 4) is 11.8 Å². The standard InChI is InChI=1S/C11H9NO2S2/c13-5-1-2-9-3-7-15-10(9)8-16-11-12-4-6-14-11/h3-4,6-7,13H,5,8H2. The minimum atomic E-state index is -0.109. The van der Waals surface area contributed by atoms with Crippen LogP contribution in [-0.4, -0.2) is 16.7 Å². The van der Waals surface area contributed by atoms with Crippen molar-refractivity contribution in [1.82, 2.24) is 4.98 Å². The van der Waals surface area contributed by atoms with Gasteiger partial charge in [0, 0.05) is 16.2 Å². The van der Waals surface area contributed by atoms with Crippen molar-refractivity contribution in [3.63, 3.8) is 0 Å². The maximum atomic E-state index is 8.64. The van der Waals surface area contributed by atoms with E-state index < -0.39 is 0 Å². The van der Waals surface area contributed by atoms with E-state index in [4.69, 9.17) is 9.52 Å². The van der Waals surface area contributed by atoms with Crippen LogP contribution in [0, 0.1) is 11.8 Å². The van der Waals surface area contributed by atoms with E-state index in [0.717, 1.165) is 11.3 Å². The number of thiophene rings is 1. The smallest absolute Gasteiger partial charge is 0.255 e. The summed E-state index contributed by atoms with van der Waals surface area (Å²) in [6.45, 7) is -0.109. The summed E-state index contributed by atoms with van der Waals surface area (Å²) < 4.78 is 5.13. The van der Waals surface area contributed by atoms with Crippen molar-refractivity contribution >= 4 is 23.1 Å². The number of oxazole rings is 1. The van der Waals surface area contributed by atoms with Crippen LogP contribution in [0.4, 0.5) is 0 Å². The molecule has 0 saturated carbocycles. The summed E-state index contributed by atoms with van der Waals surface area (Å²) in [6.07, 6.45) is 3.19. The highest BCUT2D eigenvalue weighted by atomic mass is 32.2. The van der Waals surface area contributed by atoms with Crippen molar-refractivity contribution < 1.29 is 9.52 Å². The van der Waals surface area contributed by atoms with Crippen LogP contribution in [0.25, 0.3) is 0 Å². The highest BCUT2D eigenvalue weighted by Gasteiger charge is 2.05. The van der Waals surface area contributed by atoms with E-state index in [1.807, 2.05) is 11.4 Å². The number of nitrogens with zero attached hydrogens (tertiary/aromatic N) is 1. The molecule has 0 saturated heterocycles. The quantitative estimate of drug-likeness (QED) is 0.672. The number of aromatic nitrogens is 1. The molecule has 0 atom stereocenters. The molecule has 3 nitrogen and oxygen atoms in total. The van der Waals surface area contributed by atoms with E-state index in [-0.39, 0.29) is 6.61 Å². The fraction of sp³-hybridized carbons (Fsp3) is 0.182. The molecule has 0 aromatic carbocycles. The third-order valence-electron chi connectivity index (χ3n) is 1.78. The molecule has 0 aliphatic heterocycles. The lowest BCUT2D eigenvalue weighted by Crippen LogP contribution is -1.81. The molecule has 0 aliphatic carbocycles. The van der Waals surface area contributed by atoms with Crippen LogP contribution >= 0.6 is 23.1 Å². The van der Waals surface area contributed by atoms with Gasteiger partial charge in [0.25, 0.3) is 5.22 Å². The first-order chi connectivity index (χ1) is 7.90. The molecule has 2 rings (SSSR count). The van der Waals surface area contributed by atoms with Gasteiger partial charge in [-0.05, 0) is 11.4 Å². The van der Waals surface area contributed by atoms with Gasteiger partial charge in [-0.25, -0.2) is 4.98 Å². The van der Waals surface area contributed by atoms with Gasteiger partial charge in [-0.2, -0.15) is 0 Å². The second-order valence-electron chi connectivity index (χ2n) is 2.80. The largest absolute Gasteiger partial charge is 0.440 e. The van der Waals surface area contributed by atoms with Crippen molar-refractivity contribution in [2.24, 2.45) is 0 Å². The fourth-order valence-corrected chi connectivity index (χ4v) is 2.84. The first-order valence-corrected chi connectivity index (χ1v) is 6.45. The van der Waals surface area contributed by atoms with Crippen LogP contribution in [0.5, 0.6) is 0 Å². The van der Waals surface area contributed by atoms with Crippen LogP contribution in [-0.2, 0) is 5.75 Å². The van der Waals surface area contributed by atoms with Crippen molar-refractivity contribution in [2.45, 2.75) is 11.0 Å². The van der Waals surface area contributed by atoms with Crippen molar-refractivity contribution in [3.05, 3.63) is 34.3 Å². The number of aliphatic hydroxyl groups is 1. The number of hydrogen-bond donors (Lipinski definition) is 1. The van der Waals surface area contributed by atoms with E-state index in [1.54, 1.807) is 23.8 Å². The lowest BCUT2D eigenvalue weighted by molar-refractivity contribution is 0.350. The molecule has 2 aromatic rings. The van der Waals surface area contributed by atoms with Crippen LogP contribution in [0.2, 0.25) is 0 Å². The van der Waals surface area contributed by atoms with Gasteiger partial charge in [-0.15, -0.1) is 11.3 Å². The minimum Gasteiger partial charge on any atom is -0.440 e. The molecular weight excluding hydrogens is 242 g/mol. The number of rotatable bonds is 3. The van der Waals surface area contributed by atoms with E-state index in [2.05, 4.69) is 16.8 Å². The summed E-state index contributed by atoms with van der Waals surface area (Å²) in [7, 11) is 0. The molecule has 0 spiro atoms. The van der Waals surface area contributed by atoms with Gasteiger partial charge in [0.05, 0.1) is 6.20 Å². The van der Waals surface area contributed by atoms with Gasteiger partial charge in [0.2, 0.25) is 0 Å². The van der Waals surface area contributed by atoms with Crippen LogP contribution in [0.15, 0.2) is 33.5 Å². The molecule has 0 bridgehead atoms. The molecule has 82 valence electrons. The van der Waals surface area contributed by atoms with Crippen LogP contribution in [0.1, 0.15) is 10.4 Å². The molecule has 16 heavy (non-hydrogen) atoms. The van der Waals surface area contributed by atoms with Crippen LogP contribution in [0.3, 0.4) is 0 Å². The number of hydrogen-bond acceptors (Lipinski definition) is 5. The van der Waals surface area contributed by atoms with Gasteiger partial charge in [-0.3, -0.25) is 0 Å². The Bertz CT molecular complexity index is 494. The third kappa shape index (κ3) is 2.89. The summed E-state index contributed by atoms with van der Waals surface area (Å²) >= 11 is 3.18. The van der Waals surface area contributed by atoms with E-state index in [9.17, 15) is 0 Å². The lowest BCUT2D eigenvalue weighted by Gasteiger charge is -1.95. The molecule has 0 fully saturated rings. The van der Waals surface area contributed by atoms with Gasteiger partial charge < -0.3 is 9.52 Å². The zero-order chi connectivity index (χ0) is 11.2. The zero-order valence-electron chi connectivity index (χ0n) is 8.34. The Morgan fingerprint density at radius 1 is 1.56 bits per heavy atom. The predicted molar refractivity (Wildman–Crippen MR) is 64.3 cm³/mol. The maximum absolute atomic E-state index is 8.64. The molecule has 5 heteroatoms. The summed E-state index contributed by atoms with van der Waals surface area (Å²) in [5.74, 6) is 6.35. The molecular formula is C11H9NO2S2. The Kier molecular flexibility index (Phi) is 4.05.